The van der Waals surface area contributed by atoms with E-state index in [-0.39, 0.29) is 5.56 Å². The Morgan fingerprint density at radius 2 is 1.84 bits per heavy atom. The van der Waals surface area contributed by atoms with Crippen LogP contribution in [0.3, 0.4) is 0 Å². The number of benzene rings is 1. The highest BCUT2D eigenvalue weighted by molar-refractivity contribution is 5.76. The molecule has 1 aromatic carbocycles. The molecule has 25 heavy (non-hydrogen) atoms. The maximum Gasteiger partial charge on any atom is 0.283 e. The molecule has 0 saturated heterocycles. The molecule has 0 atom stereocenters. The first-order chi connectivity index (χ1) is 12.2. The fraction of sp³-hybridized carbons (Fsp3) is 0.211. The van der Waals surface area contributed by atoms with Gasteiger partial charge >= 0.3 is 0 Å². The zero-order valence-corrected chi connectivity index (χ0v) is 14.3. The van der Waals surface area contributed by atoms with E-state index in [9.17, 15) is 4.79 Å². The second-order valence-corrected chi connectivity index (χ2v) is 5.81. The van der Waals surface area contributed by atoms with E-state index in [1.54, 1.807) is 12.4 Å². The highest BCUT2D eigenvalue weighted by Gasteiger charge is 2.19. The van der Waals surface area contributed by atoms with Crippen LogP contribution in [0.1, 0.15) is 13.8 Å². The van der Waals surface area contributed by atoms with E-state index in [0.29, 0.717) is 10.9 Å². The lowest BCUT2D eigenvalue weighted by Gasteiger charge is -2.29. The van der Waals surface area contributed by atoms with Crippen LogP contribution in [0.25, 0.3) is 22.5 Å². The summed E-state index contributed by atoms with van der Waals surface area (Å²) in [4.78, 5) is 17.5. The molecule has 0 saturated carbocycles. The Hall–Kier alpha value is -3.15. The summed E-state index contributed by atoms with van der Waals surface area (Å²) in [6.07, 6.45) is 7.31. The Morgan fingerprint density at radius 3 is 2.56 bits per heavy atom. The molecular weight excluding hydrogens is 314 g/mol. The molecule has 4 rings (SSSR count). The first-order valence-electron chi connectivity index (χ1n) is 8.43. The van der Waals surface area contributed by atoms with E-state index in [4.69, 9.17) is 0 Å². The van der Waals surface area contributed by atoms with Crippen molar-refractivity contribution in [3.05, 3.63) is 70.6 Å². The molecule has 3 heterocycles. The number of rotatable bonds is 3. The van der Waals surface area contributed by atoms with Crippen molar-refractivity contribution in [3.8, 4) is 11.1 Å². The lowest BCUT2D eigenvalue weighted by atomic mass is 10.1. The van der Waals surface area contributed by atoms with Crippen LogP contribution in [0, 0.1) is 0 Å². The molecule has 0 amide bonds. The molecule has 0 unspecified atom stereocenters. The van der Waals surface area contributed by atoms with Gasteiger partial charge in [-0.25, -0.2) is 4.98 Å². The van der Waals surface area contributed by atoms with Gasteiger partial charge in [-0.15, -0.1) is 0 Å². The summed E-state index contributed by atoms with van der Waals surface area (Å²) < 4.78 is 1.39. The topological polar surface area (TPSA) is 53.7 Å². The largest absolute Gasteiger partial charge is 0.293 e. The van der Waals surface area contributed by atoms with Crippen LogP contribution in [0.5, 0.6) is 0 Å². The Bertz CT molecular complexity index is 1050. The second-order valence-electron chi connectivity index (χ2n) is 5.81. The van der Waals surface area contributed by atoms with Crippen LogP contribution in [-0.2, 0) is 0 Å². The first kappa shape index (κ1) is 15.4. The maximum absolute atomic E-state index is 13.0. The first-order valence-corrected chi connectivity index (χ1v) is 8.43. The van der Waals surface area contributed by atoms with Gasteiger partial charge in [0, 0.05) is 31.0 Å². The highest BCUT2D eigenvalue weighted by atomic mass is 16.1. The predicted octanol–water partition coefficient (Wildman–Crippen LogP) is 1.67. The lowest BCUT2D eigenvalue weighted by Crippen LogP contribution is -2.40. The summed E-state index contributed by atoms with van der Waals surface area (Å²) in [7, 11) is 0. The second kappa shape index (κ2) is 6.05. The van der Waals surface area contributed by atoms with Gasteiger partial charge in [0.05, 0.1) is 17.1 Å². The van der Waals surface area contributed by atoms with Crippen LogP contribution in [0.15, 0.2) is 59.8 Å². The number of aromatic nitrogens is 3. The van der Waals surface area contributed by atoms with Crippen molar-refractivity contribution < 1.29 is 0 Å². The van der Waals surface area contributed by atoms with E-state index in [1.165, 1.54) is 4.52 Å². The van der Waals surface area contributed by atoms with Crippen molar-refractivity contribution in [2.24, 2.45) is 0 Å². The molecule has 0 aliphatic carbocycles. The Morgan fingerprint density at radius 1 is 1.04 bits per heavy atom. The quantitative estimate of drug-likeness (QED) is 0.730. The summed E-state index contributed by atoms with van der Waals surface area (Å²) in [5, 5.41) is 9.00. The number of hydrogen-bond acceptors (Lipinski definition) is 5. The van der Waals surface area contributed by atoms with Crippen LogP contribution in [0.4, 0.5) is 0 Å². The third kappa shape index (κ3) is 2.38. The number of likely N-dealkylation sites (N-methyl/N-ethyl adjacent to an activating group) is 1. The Kier molecular flexibility index (Phi) is 3.72. The number of nitrogens with zero attached hydrogens (tertiary/aromatic N) is 5. The minimum atomic E-state index is -0.150. The van der Waals surface area contributed by atoms with Crippen molar-refractivity contribution in [2.75, 3.05) is 13.1 Å². The van der Waals surface area contributed by atoms with E-state index >= 15 is 0 Å². The summed E-state index contributed by atoms with van der Waals surface area (Å²) in [6.45, 7) is 5.77. The zero-order valence-electron chi connectivity index (χ0n) is 14.3. The SMILES string of the molecule is CCN1C=C/C(=c2/cnc3c(-c4ccccc4)cnn3c2=O)N1CC. The fourth-order valence-corrected chi connectivity index (χ4v) is 3.23. The van der Waals surface area contributed by atoms with Crippen molar-refractivity contribution in [1.29, 1.82) is 0 Å². The van der Waals surface area contributed by atoms with E-state index < -0.39 is 0 Å². The van der Waals surface area contributed by atoms with Crippen LogP contribution in [-0.4, -0.2) is 37.7 Å². The molecule has 6 heteroatoms. The minimum Gasteiger partial charge on any atom is -0.293 e. The molecule has 2 aromatic heterocycles. The fourth-order valence-electron chi connectivity index (χ4n) is 3.23. The van der Waals surface area contributed by atoms with Crippen LogP contribution >= 0.6 is 0 Å². The number of hydrogen-bond donors (Lipinski definition) is 0. The summed E-state index contributed by atoms with van der Waals surface area (Å²) in [5.74, 6) is 0. The van der Waals surface area contributed by atoms with Gasteiger partial charge in [-0.2, -0.15) is 9.61 Å². The Balaban J connectivity index is 1.93. The van der Waals surface area contributed by atoms with Gasteiger partial charge in [-0.1, -0.05) is 30.3 Å². The third-order valence-electron chi connectivity index (χ3n) is 4.46. The molecule has 0 bridgehead atoms. The normalized spacial score (nSPS) is 16.2. The molecule has 6 nitrogen and oxygen atoms in total. The van der Waals surface area contributed by atoms with Gasteiger partial charge < -0.3 is 0 Å². The van der Waals surface area contributed by atoms with Crippen molar-refractivity contribution >= 4 is 11.3 Å². The van der Waals surface area contributed by atoms with Gasteiger partial charge in [0.25, 0.3) is 5.56 Å². The molecule has 126 valence electrons. The molecule has 3 aromatic rings. The van der Waals surface area contributed by atoms with Gasteiger partial charge in [0.15, 0.2) is 5.65 Å². The lowest BCUT2D eigenvalue weighted by molar-refractivity contribution is 0.116. The molecule has 0 spiro atoms. The summed E-state index contributed by atoms with van der Waals surface area (Å²) >= 11 is 0. The zero-order chi connectivity index (χ0) is 17.4. The smallest absolute Gasteiger partial charge is 0.283 e. The summed E-state index contributed by atoms with van der Waals surface area (Å²) in [6, 6.07) is 9.86. The average molecular weight is 333 g/mol. The van der Waals surface area contributed by atoms with E-state index in [0.717, 1.165) is 29.9 Å². The monoisotopic (exact) mass is 333 g/mol. The molecular formula is C19H19N5O. The maximum atomic E-state index is 13.0. The molecule has 0 fully saturated rings. The molecule has 1 aliphatic heterocycles. The standard InChI is InChI=1S/C19H19N5O/c1-3-22-11-10-17(23(22)4-2)16-12-20-18-15(13-21-24(18)19(16)25)14-8-6-5-7-9-14/h5-13H,3-4H2,1-2H3/b17-16+. The van der Waals surface area contributed by atoms with Gasteiger partial charge in [-0.05, 0) is 25.5 Å². The van der Waals surface area contributed by atoms with Crippen LogP contribution < -0.4 is 10.8 Å². The van der Waals surface area contributed by atoms with Gasteiger partial charge in [0.2, 0.25) is 0 Å². The number of fused-ring (bicyclic) bond motifs is 1. The average Bonchev–Trinajstić information content (AvgIpc) is 3.26. The van der Waals surface area contributed by atoms with E-state index in [1.807, 2.05) is 42.6 Å². The predicted molar refractivity (Wildman–Crippen MR) is 97.2 cm³/mol. The van der Waals surface area contributed by atoms with E-state index in [2.05, 4.69) is 33.9 Å². The highest BCUT2D eigenvalue weighted by Crippen LogP contribution is 2.21. The van der Waals surface area contributed by atoms with Gasteiger partial charge in [0.1, 0.15) is 0 Å². The molecule has 0 radical (unpaired) electrons. The summed E-state index contributed by atoms with van der Waals surface area (Å²) in [5.41, 5.74) is 3.15. The number of hydrazine groups is 1. The minimum absolute atomic E-state index is 0.150. The third-order valence-corrected chi connectivity index (χ3v) is 4.46. The van der Waals surface area contributed by atoms with Crippen molar-refractivity contribution in [2.45, 2.75) is 13.8 Å². The molecule has 0 N–H and O–H groups in total. The van der Waals surface area contributed by atoms with Crippen molar-refractivity contribution in [3.63, 3.8) is 0 Å². The van der Waals surface area contributed by atoms with Crippen molar-refractivity contribution in [1.82, 2.24) is 24.6 Å². The molecule has 1 aliphatic rings. The van der Waals surface area contributed by atoms with Crippen LogP contribution in [0.2, 0.25) is 0 Å². The Labute approximate surface area is 145 Å². The van der Waals surface area contributed by atoms with Gasteiger partial charge in [-0.3, -0.25) is 14.8 Å².